The van der Waals surface area contributed by atoms with E-state index < -0.39 is 24.4 Å². The molecule has 0 saturated heterocycles. The minimum atomic E-state index is -5.73. The van der Waals surface area contributed by atoms with Crippen molar-refractivity contribution in [2.75, 3.05) is 0 Å². The molecule has 0 aromatic carbocycles. The predicted molar refractivity (Wildman–Crippen MR) is 30.8 cm³/mol. The van der Waals surface area contributed by atoms with Gasteiger partial charge in [-0.25, -0.2) is 4.79 Å². The monoisotopic (exact) mass is 220 g/mol. The lowest BCUT2D eigenvalue weighted by Crippen LogP contribution is -2.45. The van der Waals surface area contributed by atoms with Crippen molar-refractivity contribution in [3.8, 4) is 12.3 Å². The fraction of sp³-hybridized carbons (Fsp3) is 0.500. The molecule has 0 atom stereocenters. The Hall–Kier alpha value is -1.39. The van der Waals surface area contributed by atoms with Crippen LogP contribution in [-0.4, -0.2) is 24.4 Å². The lowest BCUT2D eigenvalue weighted by atomic mass is 10.3. The summed E-state index contributed by atoms with van der Waals surface area (Å²) in [5.41, 5.74) is 0. The molecule has 0 aliphatic carbocycles. The van der Waals surface area contributed by atoms with Crippen LogP contribution < -0.4 is 0 Å². The highest BCUT2D eigenvalue weighted by Gasteiger charge is 2.59. The normalized spacial score (nSPS) is 12.4. The molecule has 0 aromatic rings. The Morgan fingerprint density at radius 1 is 1.14 bits per heavy atom. The predicted octanol–water partition coefficient (Wildman–Crippen LogP) is 1.66. The van der Waals surface area contributed by atoms with Crippen molar-refractivity contribution in [2.24, 2.45) is 0 Å². The summed E-state index contributed by atoms with van der Waals surface area (Å²) < 4.78 is 72.9. The number of hydrogen-bond donors (Lipinski definition) is 0. The van der Waals surface area contributed by atoms with Crippen LogP contribution in [0.15, 0.2) is 0 Å². The molecule has 80 valence electrons. The van der Waals surface area contributed by atoms with Gasteiger partial charge in [-0.15, -0.1) is 6.42 Å². The fourth-order valence-corrected chi connectivity index (χ4v) is 0.460. The second-order valence-electron chi connectivity index (χ2n) is 2.01. The number of esters is 1. The van der Waals surface area contributed by atoms with Gasteiger partial charge < -0.3 is 4.74 Å². The molecule has 0 unspecified atom stereocenters. The van der Waals surface area contributed by atoms with E-state index in [2.05, 4.69) is 11.2 Å². The van der Waals surface area contributed by atoms with Crippen molar-refractivity contribution in [3.05, 3.63) is 0 Å². The molecule has 14 heavy (non-hydrogen) atoms. The van der Waals surface area contributed by atoms with Crippen molar-refractivity contribution in [2.45, 2.75) is 18.5 Å². The number of rotatable bonds is 1. The summed E-state index contributed by atoms with van der Waals surface area (Å²) in [5.74, 6) is -1.05. The van der Waals surface area contributed by atoms with Crippen molar-refractivity contribution >= 4 is 5.97 Å². The van der Waals surface area contributed by atoms with Gasteiger partial charge in [0.15, 0.2) is 0 Å². The van der Waals surface area contributed by atoms with Crippen LogP contribution in [0, 0.1) is 12.3 Å². The molecule has 2 nitrogen and oxygen atoms in total. The zero-order valence-electron chi connectivity index (χ0n) is 6.24. The smallest absolute Gasteiger partial charge is 0.433 e. The second kappa shape index (κ2) is 3.77. The standard InChI is InChI=1S/C6H2F6O2/c1-2-3(13)14-4(5(7,8)9)6(10,11)12/h1,4H. The van der Waals surface area contributed by atoms with Gasteiger partial charge in [-0.3, -0.25) is 0 Å². The van der Waals surface area contributed by atoms with Crippen LogP contribution in [0.25, 0.3) is 0 Å². The summed E-state index contributed by atoms with van der Waals surface area (Å²) in [5, 5.41) is 0. The van der Waals surface area contributed by atoms with E-state index in [9.17, 15) is 31.1 Å². The molecule has 0 spiro atoms. The van der Waals surface area contributed by atoms with E-state index in [1.165, 1.54) is 0 Å². The van der Waals surface area contributed by atoms with E-state index in [-0.39, 0.29) is 0 Å². The molecule has 0 bridgehead atoms. The zero-order valence-corrected chi connectivity index (χ0v) is 6.24. The van der Waals surface area contributed by atoms with Gasteiger partial charge in [-0.1, -0.05) is 0 Å². The fourth-order valence-electron chi connectivity index (χ4n) is 0.460. The SMILES string of the molecule is C#CC(=O)OC(C(F)(F)F)C(F)(F)F. The zero-order chi connectivity index (χ0) is 11.6. The minimum absolute atomic E-state index is 0.978. The van der Waals surface area contributed by atoms with Crippen LogP contribution >= 0.6 is 0 Å². The summed E-state index contributed by atoms with van der Waals surface area (Å²) in [6.45, 7) is 0. The third kappa shape index (κ3) is 3.55. The summed E-state index contributed by atoms with van der Waals surface area (Å²) in [6, 6.07) is 0. The van der Waals surface area contributed by atoms with Crippen LogP contribution in [0.2, 0.25) is 0 Å². The Morgan fingerprint density at radius 2 is 1.50 bits per heavy atom. The van der Waals surface area contributed by atoms with Crippen LogP contribution in [0.4, 0.5) is 26.3 Å². The molecule has 0 fully saturated rings. The van der Waals surface area contributed by atoms with Gasteiger partial charge in [-0.2, -0.15) is 26.3 Å². The van der Waals surface area contributed by atoms with Crippen molar-refractivity contribution in [1.29, 1.82) is 0 Å². The van der Waals surface area contributed by atoms with Crippen molar-refractivity contribution < 1.29 is 35.9 Å². The van der Waals surface area contributed by atoms with Crippen LogP contribution in [0.1, 0.15) is 0 Å². The number of carbonyl (C=O) groups is 1. The van der Waals surface area contributed by atoms with Gasteiger partial charge in [0.25, 0.3) is 6.10 Å². The third-order valence-electron chi connectivity index (χ3n) is 0.937. The van der Waals surface area contributed by atoms with Gasteiger partial charge in [0, 0.05) is 5.92 Å². The summed E-state index contributed by atoms with van der Waals surface area (Å²) in [6.07, 6.45) is -11.4. The lowest BCUT2D eigenvalue weighted by Gasteiger charge is -2.21. The number of halogens is 6. The first-order valence-corrected chi connectivity index (χ1v) is 2.89. The summed E-state index contributed by atoms with van der Waals surface area (Å²) in [4.78, 5) is 10.1. The highest BCUT2D eigenvalue weighted by Crippen LogP contribution is 2.35. The van der Waals surface area contributed by atoms with E-state index in [0.29, 0.717) is 0 Å². The van der Waals surface area contributed by atoms with Crippen LogP contribution in [-0.2, 0) is 9.53 Å². The molecule has 0 aliphatic heterocycles. The number of ether oxygens (including phenoxy) is 1. The van der Waals surface area contributed by atoms with Crippen molar-refractivity contribution in [3.63, 3.8) is 0 Å². The van der Waals surface area contributed by atoms with Crippen LogP contribution in [0.3, 0.4) is 0 Å². The maximum absolute atomic E-state index is 11.6. The minimum Gasteiger partial charge on any atom is -0.433 e. The summed E-state index contributed by atoms with van der Waals surface area (Å²) in [7, 11) is 0. The van der Waals surface area contributed by atoms with E-state index in [0.717, 1.165) is 5.92 Å². The molecular weight excluding hydrogens is 218 g/mol. The average Bonchev–Trinajstić information content (AvgIpc) is 1.95. The maximum Gasteiger partial charge on any atom is 0.434 e. The van der Waals surface area contributed by atoms with Crippen LogP contribution in [0.5, 0.6) is 0 Å². The molecule has 0 amide bonds. The molecule has 0 aliphatic rings. The first-order chi connectivity index (χ1) is 6.09. The highest BCUT2D eigenvalue weighted by atomic mass is 19.4. The molecule has 8 heteroatoms. The number of carbonyl (C=O) groups excluding carboxylic acids is 1. The van der Waals surface area contributed by atoms with Gasteiger partial charge in [0.2, 0.25) is 0 Å². The van der Waals surface area contributed by atoms with Gasteiger partial charge >= 0.3 is 18.3 Å². The molecule has 0 saturated carbocycles. The first-order valence-electron chi connectivity index (χ1n) is 2.89. The number of terminal acetylenes is 1. The highest BCUT2D eigenvalue weighted by molar-refractivity contribution is 5.87. The van der Waals surface area contributed by atoms with E-state index >= 15 is 0 Å². The first kappa shape index (κ1) is 12.6. The van der Waals surface area contributed by atoms with Gasteiger partial charge in [-0.05, 0) is 0 Å². The van der Waals surface area contributed by atoms with Gasteiger partial charge in [0.05, 0.1) is 0 Å². The average molecular weight is 220 g/mol. The Bertz CT molecular complexity index is 243. The topological polar surface area (TPSA) is 26.3 Å². The molecule has 0 N–H and O–H groups in total. The third-order valence-corrected chi connectivity index (χ3v) is 0.937. The number of hydrogen-bond acceptors (Lipinski definition) is 2. The second-order valence-corrected chi connectivity index (χ2v) is 2.01. The number of alkyl halides is 6. The molecule has 0 radical (unpaired) electrons. The lowest BCUT2D eigenvalue weighted by molar-refractivity contribution is -0.311. The van der Waals surface area contributed by atoms with Crippen molar-refractivity contribution in [1.82, 2.24) is 0 Å². The molecule has 0 heterocycles. The molecule has 0 aromatic heterocycles. The Labute approximate surface area is 73.8 Å². The largest absolute Gasteiger partial charge is 0.434 e. The van der Waals surface area contributed by atoms with E-state index in [4.69, 9.17) is 0 Å². The Balaban J connectivity index is 4.79. The maximum atomic E-state index is 11.6. The van der Waals surface area contributed by atoms with Gasteiger partial charge in [0.1, 0.15) is 0 Å². The van der Waals surface area contributed by atoms with E-state index in [1.807, 2.05) is 0 Å². The molecule has 0 rings (SSSR count). The Kier molecular flexibility index (Phi) is 3.40. The molecular formula is C6H2F6O2. The Morgan fingerprint density at radius 3 is 1.71 bits per heavy atom. The summed E-state index contributed by atoms with van der Waals surface area (Å²) >= 11 is 0. The van der Waals surface area contributed by atoms with E-state index in [1.54, 1.807) is 0 Å². The quantitative estimate of drug-likeness (QED) is 0.290.